The van der Waals surface area contributed by atoms with E-state index in [0.29, 0.717) is 36.9 Å². The maximum Gasteiger partial charge on any atom is 0.433 e. The van der Waals surface area contributed by atoms with E-state index in [1.807, 2.05) is 0 Å². The molecule has 0 atom stereocenters. The molecule has 2 aromatic heterocycles. The van der Waals surface area contributed by atoms with E-state index in [2.05, 4.69) is 15.4 Å². The molecule has 6 nitrogen and oxygen atoms in total. The Labute approximate surface area is 177 Å². The summed E-state index contributed by atoms with van der Waals surface area (Å²) in [6.07, 6.45) is 0.186. The SMILES string of the molecule is CC(=O)CCCCNC(=O)c1ccc(-n2nc(-c3cccnc3)cc2C(F)(F)F)cc1. The van der Waals surface area contributed by atoms with Gasteiger partial charge < -0.3 is 10.1 Å². The van der Waals surface area contributed by atoms with Crippen molar-refractivity contribution in [3.05, 3.63) is 66.1 Å². The van der Waals surface area contributed by atoms with Crippen LogP contribution < -0.4 is 5.32 Å². The lowest BCUT2D eigenvalue weighted by molar-refractivity contribution is -0.142. The molecule has 31 heavy (non-hydrogen) atoms. The van der Waals surface area contributed by atoms with Crippen molar-refractivity contribution in [2.75, 3.05) is 6.54 Å². The Balaban J connectivity index is 1.76. The molecule has 0 radical (unpaired) electrons. The Kier molecular flexibility index (Phi) is 6.84. The molecular weight excluding hydrogens is 409 g/mol. The van der Waals surface area contributed by atoms with Gasteiger partial charge in [-0.15, -0.1) is 0 Å². The molecule has 0 fully saturated rings. The number of unbranched alkanes of at least 4 members (excludes halogenated alkanes) is 1. The summed E-state index contributed by atoms with van der Waals surface area (Å²) >= 11 is 0. The molecule has 3 aromatic rings. The summed E-state index contributed by atoms with van der Waals surface area (Å²) in [5.41, 5.74) is 0.193. The minimum absolute atomic E-state index is 0.102. The topological polar surface area (TPSA) is 76.9 Å². The number of amides is 1. The van der Waals surface area contributed by atoms with E-state index in [0.717, 1.165) is 10.7 Å². The van der Waals surface area contributed by atoms with Crippen LogP contribution in [0.3, 0.4) is 0 Å². The second-order valence-electron chi connectivity index (χ2n) is 7.03. The number of hydrogen-bond acceptors (Lipinski definition) is 4. The van der Waals surface area contributed by atoms with E-state index in [-0.39, 0.29) is 23.1 Å². The van der Waals surface area contributed by atoms with Crippen molar-refractivity contribution in [3.8, 4) is 16.9 Å². The molecule has 2 heterocycles. The van der Waals surface area contributed by atoms with Crippen LogP contribution in [0.1, 0.15) is 42.2 Å². The van der Waals surface area contributed by atoms with Crippen LogP contribution in [-0.2, 0) is 11.0 Å². The third-order valence-electron chi connectivity index (χ3n) is 4.57. The van der Waals surface area contributed by atoms with Crippen LogP contribution in [0, 0.1) is 0 Å². The van der Waals surface area contributed by atoms with Gasteiger partial charge in [0.2, 0.25) is 0 Å². The smallest absolute Gasteiger partial charge is 0.352 e. The van der Waals surface area contributed by atoms with E-state index in [1.54, 1.807) is 12.1 Å². The van der Waals surface area contributed by atoms with Gasteiger partial charge in [-0.05, 0) is 62.2 Å². The van der Waals surface area contributed by atoms with Gasteiger partial charge in [-0.1, -0.05) is 0 Å². The van der Waals surface area contributed by atoms with Gasteiger partial charge in [0.05, 0.1) is 11.4 Å². The first-order valence-corrected chi connectivity index (χ1v) is 9.71. The Hall–Kier alpha value is -3.49. The molecule has 0 aliphatic rings. The van der Waals surface area contributed by atoms with Crippen molar-refractivity contribution in [1.29, 1.82) is 0 Å². The highest BCUT2D eigenvalue weighted by Gasteiger charge is 2.36. The molecule has 0 bridgehead atoms. The quantitative estimate of drug-likeness (QED) is 0.536. The Morgan fingerprint density at radius 1 is 1.10 bits per heavy atom. The van der Waals surface area contributed by atoms with Gasteiger partial charge in [0.15, 0.2) is 0 Å². The second kappa shape index (κ2) is 9.55. The van der Waals surface area contributed by atoms with Gasteiger partial charge in [-0.25, -0.2) is 4.68 Å². The highest BCUT2D eigenvalue weighted by Crippen LogP contribution is 2.33. The van der Waals surface area contributed by atoms with Crippen molar-refractivity contribution in [2.45, 2.75) is 32.4 Å². The second-order valence-corrected chi connectivity index (χ2v) is 7.03. The molecule has 1 aromatic carbocycles. The number of benzene rings is 1. The number of nitrogens with zero attached hydrogens (tertiary/aromatic N) is 3. The number of rotatable bonds is 8. The van der Waals surface area contributed by atoms with E-state index in [1.165, 1.54) is 43.6 Å². The molecule has 0 aliphatic carbocycles. The molecule has 1 N–H and O–H groups in total. The number of nitrogens with one attached hydrogen (secondary N) is 1. The first kappa shape index (κ1) is 22.2. The van der Waals surface area contributed by atoms with E-state index in [9.17, 15) is 22.8 Å². The van der Waals surface area contributed by atoms with Gasteiger partial charge in [0, 0.05) is 36.5 Å². The van der Waals surface area contributed by atoms with Gasteiger partial charge >= 0.3 is 6.18 Å². The number of Topliss-reactive ketones (excluding diaryl/α,β-unsaturated/α-hetero) is 1. The molecule has 162 valence electrons. The number of carbonyl (C=O) groups excluding carboxylic acids is 2. The molecule has 3 rings (SSSR count). The Morgan fingerprint density at radius 2 is 1.84 bits per heavy atom. The largest absolute Gasteiger partial charge is 0.433 e. The third kappa shape index (κ3) is 5.78. The van der Waals surface area contributed by atoms with Crippen LogP contribution in [0.4, 0.5) is 13.2 Å². The van der Waals surface area contributed by atoms with Gasteiger partial charge in [0.1, 0.15) is 11.5 Å². The zero-order valence-corrected chi connectivity index (χ0v) is 16.8. The van der Waals surface area contributed by atoms with Crippen LogP contribution >= 0.6 is 0 Å². The first-order valence-electron chi connectivity index (χ1n) is 9.71. The van der Waals surface area contributed by atoms with E-state index < -0.39 is 11.9 Å². The van der Waals surface area contributed by atoms with Crippen molar-refractivity contribution in [3.63, 3.8) is 0 Å². The Bertz CT molecular complexity index is 1040. The summed E-state index contributed by atoms with van der Waals surface area (Å²) < 4.78 is 41.5. The fraction of sp³-hybridized carbons (Fsp3) is 0.273. The monoisotopic (exact) mass is 430 g/mol. The van der Waals surface area contributed by atoms with Crippen molar-refractivity contribution < 1.29 is 22.8 Å². The molecule has 1 amide bonds. The minimum atomic E-state index is -4.61. The zero-order valence-electron chi connectivity index (χ0n) is 16.8. The molecule has 0 aliphatic heterocycles. The molecule has 9 heteroatoms. The lowest BCUT2D eigenvalue weighted by Gasteiger charge is -2.11. The summed E-state index contributed by atoms with van der Waals surface area (Å²) in [4.78, 5) is 27.0. The van der Waals surface area contributed by atoms with Crippen LogP contribution in [0.2, 0.25) is 0 Å². The molecule has 0 unspecified atom stereocenters. The fourth-order valence-corrected chi connectivity index (χ4v) is 2.99. The van der Waals surface area contributed by atoms with Gasteiger partial charge in [0.25, 0.3) is 5.91 Å². The summed E-state index contributed by atoms with van der Waals surface area (Å²) in [6.45, 7) is 1.93. The highest BCUT2D eigenvalue weighted by atomic mass is 19.4. The predicted molar refractivity (Wildman–Crippen MR) is 109 cm³/mol. The van der Waals surface area contributed by atoms with Crippen LogP contribution in [0.15, 0.2) is 54.9 Å². The molecule has 0 saturated carbocycles. The van der Waals surface area contributed by atoms with Gasteiger partial charge in [-0.2, -0.15) is 18.3 Å². The Morgan fingerprint density at radius 3 is 2.45 bits per heavy atom. The van der Waals surface area contributed by atoms with Crippen LogP contribution in [0.5, 0.6) is 0 Å². The van der Waals surface area contributed by atoms with Crippen molar-refractivity contribution in [2.24, 2.45) is 0 Å². The molecular formula is C22H21F3N4O2. The number of alkyl halides is 3. The zero-order chi connectivity index (χ0) is 22.4. The summed E-state index contributed by atoms with van der Waals surface area (Å²) in [6, 6.07) is 9.95. The minimum Gasteiger partial charge on any atom is -0.352 e. The van der Waals surface area contributed by atoms with Crippen molar-refractivity contribution >= 4 is 11.7 Å². The maximum atomic E-state index is 13.6. The number of ketones is 1. The first-order chi connectivity index (χ1) is 14.8. The van der Waals surface area contributed by atoms with Crippen molar-refractivity contribution in [1.82, 2.24) is 20.1 Å². The van der Waals surface area contributed by atoms with E-state index >= 15 is 0 Å². The lowest BCUT2D eigenvalue weighted by atomic mass is 10.1. The normalized spacial score (nSPS) is 11.4. The van der Waals surface area contributed by atoms with Crippen LogP contribution in [0.25, 0.3) is 16.9 Å². The highest BCUT2D eigenvalue weighted by molar-refractivity contribution is 5.94. The maximum absolute atomic E-state index is 13.6. The predicted octanol–water partition coefficient (Wildman–Crippen LogP) is 4.44. The third-order valence-corrected chi connectivity index (χ3v) is 4.57. The summed E-state index contributed by atoms with van der Waals surface area (Å²) in [5.74, 6) is -0.229. The average molecular weight is 430 g/mol. The number of pyridine rings is 1. The number of aromatic nitrogens is 3. The van der Waals surface area contributed by atoms with Gasteiger partial charge in [-0.3, -0.25) is 9.78 Å². The number of carbonyl (C=O) groups is 2. The fourth-order valence-electron chi connectivity index (χ4n) is 2.99. The standard InChI is InChI=1S/C22H21F3N4O2/c1-15(30)5-2-3-12-27-21(31)16-7-9-18(10-8-16)29-20(22(23,24)25)13-19(28-29)17-6-4-11-26-14-17/h4,6-11,13-14H,2-3,5,12H2,1H3,(H,27,31). The lowest BCUT2D eigenvalue weighted by Crippen LogP contribution is -2.24. The number of hydrogen-bond donors (Lipinski definition) is 1. The van der Waals surface area contributed by atoms with Crippen LogP contribution in [-0.4, -0.2) is 33.0 Å². The van der Waals surface area contributed by atoms with E-state index in [4.69, 9.17) is 0 Å². The summed E-state index contributed by atoms with van der Waals surface area (Å²) in [5, 5.41) is 6.84. The molecule has 0 saturated heterocycles. The molecule has 0 spiro atoms. The average Bonchev–Trinajstić information content (AvgIpc) is 3.20. The number of halogens is 3. The summed E-state index contributed by atoms with van der Waals surface area (Å²) in [7, 11) is 0.